The van der Waals surface area contributed by atoms with Crippen molar-refractivity contribution in [2.24, 2.45) is 0 Å². The summed E-state index contributed by atoms with van der Waals surface area (Å²) < 4.78 is 6.17. The molecule has 0 bridgehead atoms. The first kappa shape index (κ1) is 12.3. The Balaban J connectivity index is 1.72. The van der Waals surface area contributed by atoms with Crippen molar-refractivity contribution in [3.63, 3.8) is 0 Å². The molecule has 4 heteroatoms. The smallest absolute Gasteiger partial charge is 0.130 e. The van der Waals surface area contributed by atoms with E-state index in [-0.39, 0.29) is 11.7 Å². The summed E-state index contributed by atoms with van der Waals surface area (Å²) in [6, 6.07) is 20.7. The minimum Gasteiger partial charge on any atom is -0.355 e. The standard InChI is InChI=1S/C17H15N3O/c1-3-7-13(8-4-1)16-17(21-16,11-15-12-18-20-19-15)14-9-5-2-6-10-14/h1-10,12,16H,11H2,(H,18,19,20). The van der Waals surface area contributed by atoms with E-state index in [9.17, 15) is 0 Å². The third-order valence-electron chi connectivity index (χ3n) is 3.97. The Hall–Kier alpha value is -2.46. The van der Waals surface area contributed by atoms with Gasteiger partial charge in [-0.05, 0) is 11.1 Å². The van der Waals surface area contributed by atoms with Gasteiger partial charge in [0.25, 0.3) is 0 Å². The summed E-state index contributed by atoms with van der Waals surface area (Å²) in [6.07, 6.45) is 2.61. The average Bonchev–Trinajstić information content (AvgIpc) is 3.05. The van der Waals surface area contributed by atoms with Crippen molar-refractivity contribution in [3.8, 4) is 0 Å². The van der Waals surface area contributed by atoms with Crippen LogP contribution in [0.1, 0.15) is 22.9 Å². The minimum atomic E-state index is -0.334. The summed E-state index contributed by atoms with van der Waals surface area (Å²) >= 11 is 0. The van der Waals surface area contributed by atoms with Gasteiger partial charge in [0, 0.05) is 12.6 Å². The first-order valence-electron chi connectivity index (χ1n) is 7.02. The second-order valence-electron chi connectivity index (χ2n) is 5.31. The Morgan fingerprint density at radius 2 is 1.71 bits per heavy atom. The van der Waals surface area contributed by atoms with E-state index < -0.39 is 0 Å². The predicted octanol–water partition coefficient (Wildman–Crippen LogP) is 3.01. The van der Waals surface area contributed by atoms with Gasteiger partial charge in [-0.25, -0.2) is 0 Å². The van der Waals surface area contributed by atoms with Crippen LogP contribution in [0.5, 0.6) is 0 Å². The lowest BCUT2D eigenvalue weighted by Gasteiger charge is -2.12. The van der Waals surface area contributed by atoms with Crippen molar-refractivity contribution in [1.82, 2.24) is 15.4 Å². The molecule has 1 fully saturated rings. The van der Waals surface area contributed by atoms with E-state index in [1.54, 1.807) is 0 Å². The average molecular weight is 277 g/mol. The van der Waals surface area contributed by atoms with Crippen LogP contribution in [0.15, 0.2) is 66.9 Å². The molecular weight excluding hydrogens is 262 g/mol. The number of hydrogen-bond donors (Lipinski definition) is 1. The fraction of sp³-hybridized carbons (Fsp3) is 0.176. The zero-order valence-electron chi connectivity index (χ0n) is 11.4. The molecule has 3 aromatic rings. The van der Waals surface area contributed by atoms with E-state index in [1.165, 1.54) is 11.1 Å². The van der Waals surface area contributed by atoms with E-state index in [0.29, 0.717) is 6.42 Å². The summed E-state index contributed by atoms with van der Waals surface area (Å²) in [5.41, 5.74) is 2.96. The molecule has 2 atom stereocenters. The van der Waals surface area contributed by atoms with Gasteiger partial charge in [-0.3, -0.25) is 5.10 Å². The lowest BCUT2D eigenvalue weighted by molar-refractivity contribution is 0.293. The van der Waals surface area contributed by atoms with E-state index in [0.717, 1.165) is 5.69 Å². The summed E-state index contributed by atoms with van der Waals surface area (Å²) in [6.45, 7) is 0. The van der Waals surface area contributed by atoms with Crippen molar-refractivity contribution < 1.29 is 4.74 Å². The number of rotatable bonds is 4. The summed E-state index contributed by atoms with van der Waals surface area (Å²) in [5.74, 6) is 0. The van der Waals surface area contributed by atoms with Crippen molar-refractivity contribution in [2.75, 3.05) is 0 Å². The fourth-order valence-corrected chi connectivity index (χ4v) is 2.90. The lowest BCUT2D eigenvalue weighted by atomic mass is 9.88. The molecule has 2 heterocycles. The van der Waals surface area contributed by atoms with E-state index in [4.69, 9.17) is 4.74 Å². The van der Waals surface area contributed by atoms with Crippen LogP contribution in [0.2, 0.25) is 0 Å². The zero-order valence-corrected chi connectivity index (χ0v) is 11.4. The molecule has 0 aliphatic carbocycles. The van der Waals surface area contributed by atoms with Gasteiger partial charge in [-0.1, -0.05) is 65.9 Å². The van der Waals surface area contributed by atoms with Crippen LogP contribution in [-0.2, 0) is 16.8 Å². The molecule has 4 rings (SSSR count). The molecule has 2 aromatic carbocycles. The molecule has 4 nitrogen and oxygen atoms in total. The summed E-state index contributed by atoms with van der Waals surface area (Å²) in [7, 11) is 0. The van der Waals surface area contributed by atoms with Gasteiger partial charge in [0.2, 0.25) is 0 Å². The highest BCUT2D eigenvalue weighted by Gasteiger charge is 2.58. The Kier molecular flexibility index (Phi) is 2.82. The van der Waals surface area contributed by atoms with Gasteiger partial charge in [-0.2, -0.15) is 0 Å². The molecule has 104 valence electrons. The van der Waals surface area contributed by atoms with Gasteiger partial charge in [-0.15, -0.1) is 5.10 Å². The Morgan fingerprint density at radius 1 is 1.00 bits per heavy atom. The van der Waals surface area contributed by atoms with Crippen molar-refractivity contribution in [1.29, 1.82) is 0 Å². The molecule has 21 heavy (non-hydrogen) atoms. The molecule has 1 aliphatic rings. The molecule has 2 unspecified atom stereocenters. The van der Waals surface area contributed by atoms with Crippen LogP contribution < -0.4 is 0 Å². The SMILES string of the molecule is c1ccc(C2OC2(Cc2c[nH]nn2)c2ccccc2)cc1. The number of aromatic nitrogens is 3. The maximum absolute atomic E-state index is 6.17. The normalized spacial score (nSPS) is 23.9. The maximum Gasteiger partial charge on any atom is 0.130 e. The van der Waals surface area contributed by atoms with Crippen LogP contribution in [0.3, 0.4) is 0 Å². The Labute approximate surface area is 122 Å². The molecule has 1 aliphatic heterocycles. The van der Waals surface area contributed by atoms with Crippen molar-refractivity contribution in [2.45, 2.75) is 18.1 Å². The second-order valence-corrected chi connectivity index (χ2v) is 5.31. The third kappa shape index (κ3) is 2.14. The van der Waals surface area contributed by atoms with Crippen molar-refractivity contribution in [3.05, 3.63) is 83.7 Å². The highest BCUT2D eigenvalue weighted by atomic mass is 16.6. The highest BCUT2D eigenvalue weighted by molar-refractivity contribution is 5.37. The topological polar surface area (TPSA) is 54.1 Å². The van der Waals surface area contributed by atoms with Crippen LogP contribution in [0.25, 0.3) is 0 Å². The number of epoxide rings is 1. The van der Waals surface area contributed by atoms with Crippen LogP contribution in [-0.4, -0.2) is 15.4 Å². The second kappa shape index (κ2) is 4.82. The van der Waals surface area contributed by atoms with Crippen LogP contribution >= 0.6 is 0 Å². The number of nitrogens with zero attached hydrogens (tertiary/aromatic N) is 2. The van der Waals surface area contributed by atoms with Gasteiger partial charge in [0.05, 0.1) is 5.69 Å². The molecule has 0 spiro atoms. The van der Waals surface area contributed by atoms with Gasteiger partial charge < -0.3 is 4.74 Å². The maximum atomic E-state index is 6.17. The van der Waals surface area contributed by atoms with Crippen molar-refractivity contribution >= 4 is 0 Å². The number of aromatic amines is 1. The van der Waals surface area contributed by atoms with Crippen LogP contribution in [0.4, 0.5) is 0 Å². The third-order valence-corrected chi connectivity index (χ3v) is 3.97. The van der Waals surface area contributed by atoms with E-state index in [2.05, 4.69) is 39.7 Å². The highest BCUT2D eigenvalue weighted by Crippen LogP contribution is 2.58. The first-order valence-corrected chi connectivity index (χ1v) is 7.02. The fourth-order valence-electron chi connectivity index (χ4n) is 2.90. The molecule has 1 saturated heterocycles. The number of H-pyrrole nitrogens is 1. The van der Waals surface area contributed by atoms with E-state index in [1.807, 2.05) is 42.6 Å². The monoisotopic (exact) mass is 277 g/mol. The molecule has 0 radical (unpaired) electrons. The minimum absolute atomic E-state index is 0.0674. The molecule has 1 aromatic heterocycles. The molecule has 1 N–H and O–H groups in total. The van der Waals surface area contributed by atoms with Crippen LogP contribution in [0, 0.1) is 0 Å². The molecular formula is C17H15N3O. The van der Waals surface area contributed by atoms with E-state index >= 15 is 0 Å². The quantitative estimate of drug-likeness (QED) is 0.746. The summed E-state index contributed by atoms with van der Waals surface area (Å²) in [5, 5.41) is 10.7. The molecule has 0 saturated carbocycles. The number of benzene rings is 2. The zero-order chi connectivity index (χ0) is 14.1. The Morgan fingerprint density at radius 3 is 2.38 bits per heavy atom. The summed E-state index contributed by atoms with van der Waals surface area (Å²) in [4.78, 5) is 0. The number of hydrogen-bond acceptors (Lipinski definition) is 3. The predicted molar refractivity (Wildman–Crippen MR) is 78.5 cm³/mol. The van der Waals surface area contributed by atoms with Gasteiger partial charge in [0.15, 0.2) is 0 Å². The lowest BCUT2D eigenvalue weighted by Crippen LogP contribution is -2.14. The Bertz CT molecular complexity index is 712. The van der Waals surface area contributed by atoms with Gasteiger partial charge >= 0.3 is 0 Å². The number of nitrogens with one attached hydrogen (secondary N) is 1. The molecule has 0 amide bonds. The van der Waals surface area contributed by atoms with Gasteiger partial charge in [0.1, 0.15) is 11.7 Å². The largest absolute Gasteiger partial charge is 0.355 e. The number of ether oxygens (including phenoxy) is 1. The first-order chi connectivity index (χ1) is 10.4.